The molecule has 0 unspecified atom stereocenters. The molecule has 0 aliphatic carbocycles. The van der Waals surface area contributed by atoms with Crippen LogP contribution in [0.2, 0.25) is 0 Å². The van der Waals surface area contributed by atoms with Gasteiger partial charge >= 0.3 is 11.7 Å². The molecule has 3 aromatic rings. The number of hydrogen-bond acceptors (Lipinski definition) is 5. The number of urea groups is 1. The molecular formula is C21H22N6O3. The summed E-state index contributed by atoms with van der Waals surface area (Å²) in [4.78, 5) is 49.4. The molecule has 1 aliphatic rings. The lowest BCUT2D eigenvalue weighted by Gasteiger charge is -2.30. The van der Waals surface area contributed by atoms with E-state index >= 15 is 0 Å². The Labute approximate surface area is 172 Å². The van der Waals surface area contributed by atoms with Crippen LogP contribution in [0.15, 0.2) is 52.8 Å². The zero-order valence-electron chi connectivity index (χ0n) is 16.4. The predicted molar refractivity (Wildman–Crippen MR) is 114 cm³/mol. The number of carbonyl (C=O) groups excluding carboxylic acids is 1. The van der Waals surface area contributed by atoms with Crippen LogP contribution in [0, 0.1) is 0 Å². The Morgan fingerprint density at radius 2 is 1.67 bits per heavy atom. The number of aromatic amines is 1. The average molecular weight is 406 g/mol. The Bertz CT molecular complexity index is 1230. The van der Waals surface area contributed by atoms with Gasteiger partial charge in [-0.15, -0.1) is 0 Å². The normalized spacial score (nSPS) is 13.4. The number of carbonyl (C=O) groups is 1. The third-order valence-corrected chi connectivity index (χ3v) is 5.18. The summed E-state index contributed by atoms with van der Waals surface area (Å²) in [6.45, 7) is 4.92. The van der Waals surface area contributed by atoms with Crippen molar-refractivity contribution in [2.24, 2.45) is 0 Å². The van der Waals surface area contributed by atoms with Crippen LogP contribution in [0.5, 0.6) is 0 Å². The summed E-state index contributed by atoms with van der Waals surface area (Å²) >= 11 is 0. The molecule has 0 aromatic carbocycles. The number of unbranched alkanes of at least 4 members (excludes halogenated alkanes) is 3. The minimum Gasteiger partial charge on any atom is -0.294 e. The minimum atomic E-state index is -0.445. The molecule has 1 aliphatic heterocycles. The van der Waals surface area contributed by atoms with E-state index in [1.165, 1.54) is 10.8 Å². The molecule has 0 spiro atoms. The summed E-state index contributed by atoms with van der Waals surface area (Å²) in [7, 11) is 0. The molecule has 2 amide bonds. The number of nitrogens with zero attached hydrogens (tertiary/aromatic N) is 4. The van der Waals surface area contributed by atoms with Crippen molar-refractivity contribution in [2.45, 2.75) is 32.2 Å². The van der Waals surface area contributed by atoms with Gasteiger partial charge in [0.1, 0.15) is 11.5 Å². The van der Waals surface area contributed by atoms with Crippen LogP contribution in [0.3, 0.4) is 0 Å². The maximum Gasteiger partial charge on any atom is 0.329 e. The minimum absolute atomic E-state index is 0.228. The number of rotatable bonds is 7. The van der Waals surface area contributed by atoms with Gasteiger partial charge < -0.3 is 0 Å². The Balaban J connectivity index is 1.29. The number of fused-ring (bicyclic) bond motifs is 2. The Kier molecular flexibility index (Phi) is 5.42. The molecule has 0 saturated carbocycles. The Morgan fingerprint density at radius 1 is 0.933 bits per heavy atom. The Morgan fingerprint density at radius 3 is 2.50 bits per heavy atom. The van der Waals surface area contributed by atoms with Gasteiger partial charge in [-0.1, -0.05) is 19.4 Å². The standard InChI is InChI=1S/C21H22N6O3/c1-14-15-8-6-10-22-17(15)24-20(29)26(14)12-4-2-3-5-13-27-19(28)16-9-7-11-23-18(16)25-21(27)30/h6-11H,1-5,12-13H2,(H,22,24,29)(H,23,25,30). The van der Waals surface area contributed by atoms with E-state index in [1.54, 1.807) is 23.2 Å². The van der Waals surface area contributed by atoms with Crippen LogP contribution in [0.25, 0.3) is 16.7 Å². The van der Waals surface area contributed by atoms with Gasteiger partial charge in [0, 0.05) is 36.7 Å². The first kappa shape index (κ1) is 19.6. The number of hydrogen-bond donors (Lipinski definition) is 2. The molecule has 0 saturated heterocycles. The number of anilines is 1. The number of nitrogens with one attached hydrogen (secondary N) is 2. The van der Waals surface area contributed by atoms with Gasteiger partial charge in [0.2, 0.25) is 0 Å². The zero-order valence-corrected chi connectivity index (χ0v) is 16.4. The zero-order chi connectivity index (χ0) is 21.1. The molecular weight excluding hydrogens is 384 g/mol. The highest BCUT2D eigenvalue weighted by atomic mass is 16.2. The monoisotopic (exact) mass is 406 g/mol. The quantitative estimate of drug-likeness (QED) is 0.586. The topological polar surface area (TPSA) is 113 Å². The van der Waals surface area contributed by atoms with Crippen molar-refractivity contribution in [3.63, 3.8) is 0 Å². The van der Waals surface area contributed by atoms with Crippen LogP contribution >= 0.6 is 0 Å². The molecule has 4 rings (SSSR count). The van der Waals surface area contributed by atoms with Crippen molar-refractivity contribution >= 4 is 28.6 Å². The third-order valence-electron chi connectivity index (χ3n) is 5.18. The summed E-state index contributed by atoms with van der Waals surface area (Å²) in [5, 5.41) is 3.18. The summed E-state index contributed by atoms with van der Waals surface area (Å²) in [6, 6.07) is 6.79. The average Bonchev–Trinajstić information content (AvgIpc) is 2.74. The lowest BCUT2D eigenvalue weighted by Crippen LogP contribution is -2.38. The molecule has 9 nitrogen and oxygen atoms in total. The van der Waals surface area contributed by atoms with Gasteiger partial charge in [0.25, 0.3) is 5.56 Å². The van der Waals surface area contributed by atoms with Gasteiger partial charge in [-0.05, 0) is 37.1 Å². The van der Waals surface area contributed by atoms with Gasteiger partial charge in [-0.25, -0.2) is 19.6 Å². The summed E-state index contributed by atoms with van der Waals surface area (Å²) < 4.78 is 1.22. The first-order valence-electron chi connectivity index (χ1n) is 9.87. The molecule has 0 atom stereocenters. The summed E-state index contributed by atoms with van der Waals surface area (Å²) in [5.41, 5.74) is 1.00. The molecule has 154 valence electrons. The molecule has 3 aromatic heterocycles. The van der Waals surface area contributed by atoms with Gasteiger partial charge in [0.15, 0.2) is 0 Å². The first-order valence-corrected chi connectivity index (χ1v) is 9.87. The van der Waals surface area contributed by atoms with Gasteiger partial charge in [-0.2, -0.15) is 0 Å². The first-order chi connectivity index (χ1) is 14.6. The predicted octanol–water partition coefficient (Wildman–Crippen LogP) is 2.56. The van der Waals surface area contributed by atoms with E-state index in [-0.39, 0.29) is 11.6 Å². The van der Waals surface area contributed by atoms with Gasteiger partial charge in [0.05, 0.1) is 5.39 Å². The molecule has 9 heteroatoms. The highest BCUT2D eigenvalue weighted by molar-refractivity contribution is 6.01. The van der Waals surface area contributed by atoms with Crippen molar-refractivity contribution < 1.29 is 4.79 Å². The maximum atomic E-state index is 12.5. The van der Waals surface area contributed by atoms with E-state index in [0.29, 0.717) is 42.1 Å². The number of amides is 2. The lowest BCUT2D eigenvalue weighted by molar-refractivity contribution is 0.229. The molecule has 0 fully saturated rings. The van der Waals surface area contributed by atoms with Crippen LogP contribution in [0.4, 0.5) is 10.6 Å². The van der Waals surface area contributed by atoms with E-state index in [1.807, 2.05) is 12.1 Å². The highest BCUT2D eigenvalue weighted by Crippen LogP contribution is 2.29. The largest absolute Gasteiger partial charge is 0.329 e. The van der Waals surface area contributed by atoms with Crippen molar-refractivity contribution in [1.82, 2.24) is 24.4 Å². The second-order valence-corrected chi connectivity index (χ2v) is 7.13. The second-order valence-electron chi connectivity index (χ2n) is 7.13. The van der Waals surface area contributed by atoms with E-state index in [0.717, 1.165) is 24.8 Å². The summed E-state index contributed by atoms with van der Waals surface area (Å²) in [5.74, 6) is 0.532. The van der Waals surface area contributed by atoms with Crippen molar-refractivity contribution in [2.75, 3.05) is 11.9 Å². The van der Waals surface area contributed by atoms with E-state index in [9.17, 15) is 14.4 Å². The van der Waals surface area contributed by atoms with Gasteiger partial charge in [-0.3, -0.25) is 24.6 Å². The number of H-pyrrole nitrogens is 1. The van der Waals surface area contributed by atoms with E-state index in [4.69, 9.17) is 0 Å². The molecule has 30 heavy (non-hydrogen) atoms. The fourth-order valence-electron chi connectivity index (χ4n) is 3.59. The smallest absolute Gasteiger partial charge is 0.294 e. The lowest BCUT2D eigenvalue weighted by atomic mass is 10.1. The van der Waals surface area contributed by atoms with Crippen molar-refractivity contribution in [1.29, 1.82) is 0 Å². The molecule has 4 heterocycles. The molecule has 2 N–H and O–H groups in total. The number of pyridine rings is 2. The SMILES string of the molecule is C=C1c2cccnc2NC(=O)N1CCCCCCn1c(=O)[nH]c2ncccc2c1=O. The highest BCUT2D eigenvalue weighted by Gasteiger charge is 2.26. The second kappa shape index (κ2) is 8.32. The van der Waals surface area contributed by atoms with E-state index in [2.05, 4.69) is 26.8 Å². The van der Waals surface area contributed by atoms with Crippen LogP contribution in [0.1, 0.15) is 31.2 Å². The van der Waals surface area contributed by atoms with E-state index < -0.39 is 5.69 Å². The van der Waals surface area contributed by atoms with Crippen molar-refractivity contribution in [3.05, 3.63) is 69.6 Å². The summed E-state index contributed by atoms with van der Waals surface area (Å²) in [6.07, 6.45) is 6.33. The van der Waals surface area contributed by atoms with Crippen LogP contribution in [-0.2, 0) is 6.54 Å². The van der Waals surface area contributed by atoms with Crippen molar-refractivity contribution in [3.8, 4) is 0 Å². The fraction of sp³-hybridized carbons (Fsp3) is 0.286. The number of aromatic nitrogens is 4. The molecule has 0 radical (unpaired) electrons. The fourth-order valence-corrected chi connectivity index (χ4v) is 3.59. The third kappa shape index (κ3) is 3.73. The maximum absolute atomic E-state index is 12.5. The Hall–Kier alpha value is -3.75. The van der Waals surface area contributed by atoms with Crippen LogP contribution in [-0.4, -0.2) is 37.0 Å². The molecule has 0 bridgehead atoms. The van der Waals surface area contributed by atoms with Crippen LogP contribution < -0.4 is 16.6 Å².